The molecule has 10 heteroatoms. The molecular formula is C29H32ClN3O5S. The molecule has 3 aromatic rings. The van der Waals surface area contributed by atoms with Crippen LogP contribution in [0.4, 0.5) is 0 Å². The number of amides is 1. The SMILES string of the molecule is COc1cc(/C=N\NC(=O)[C@@H]2CCCN2S(=O)(=O)c2ccc(Cl)cc2)ccc1OCc1c(C)cc(C)cc1C. The van der Waals surface area contributed by atoms with Gasteiger partial charge in [-0.1, -0.05) is 29.3 Å². The van der Waals surface area contributed by atoms with Crippen LogP contribution in [-0.2, 0) is 21.4 Å². The molecule has 1 heterocycles. The molecule has 0 unspecified atom stereocenters. The monoisotopic (exact) mass is 569 g/mol. The second-order valence-corrected chi connectivity index (χ2v) is 11.9. The maximum atomic E-state index is 13.1. The van der Waals surface area contributed by atoms with Crippen LogP contribution in [0, 0.1) is 20.8 Å². The van der Waals surface area contributed by atoms with E-state index in [4.69, 9.17) is 21.1 Å². The molecule has 4 rings (SSSR count). The molecule has 1 fully saturated rings. The summed E-state index contributed by atoms with van der Waals surface area (Å²) in [6, 6.07) is 14.7. The number of rotatable bonds is 9. The number of halogens is 1. The highest BCUT2D eigenvalue weighted by Crippen LogP contribution is 2.30. The third-order valence-corrected chi connectivity index (χ3v) is 8.89. The van der Waals surface area contributed by atoms with Gasteiger partial charge in [-0.2, -0.15) is 9.41 Å². The van der Waals surface area contributed by atoms with Gasteiger partial charge < -0.3 is 9.47 Å². The zero-order chi connectivity index (χ0) is 28.2. The standard InChI is InChI=1S/C29H32ClN3O5S/c1-19-14-20(2)25(21(3)15-19)18-38-27-12-7-22(16-28(27)37-4)17-31-32-29(34)26-6-5-13-33(26)39(35,36)24-10-8-23(30)9-11-24/h7-12,14-17,26H,5-6,13,18H2,1-4H3,(H,32,34)/b31-17-/t26-/m0/s1. The second kappa shape index (κ2) is 12.2. The topological polar surface area (TPSA) is 97.3 Å². The number of hydrogen-bond acceptors (Lipinski definition) is 6. The number of carbonyl (C=O) groups is 1. The summed E-state index contributed by atoms with van der Waals surface area (Å²) < 4.78 is 39.0. The molecule has 1 N–H and O–H groups in total. The van der Waals surface area contributed by atoms with E-state index >= 15 is 0 Å². The van der Waals surface area contributed by atoms with Crippen molar-refractivity contribution in [2.75, 3.05) is 13.7 Å². The predicted octanol–water partition coefficient (Wildman–Crippen LogP) is 5.16. The molecule has 39 heavy (non-hydrogen) atoms. The van der Waals surface area contributed by atoms with Gasteiger partial charge in [-0.25, -0.2) is 13.8 Å². The molecule has 1 atom stereocenters. The Hall–Kier alpha value is -3.40. The smallest absolute Gasteiger partial charge is 0.258 e. The maximum absolute atomic E-state index is 13.1. The van der Waals surface area contributed by atoms with E-state index in [9.17, 15) is 13.2 Å². The molecule has 0 radical (unpaired) electrons. The lowest BCUT2D eigenvalue weighted by Gasteiger charge is -2.22. The summed E-state index contributed by atoms with van der Waals surface area (Å²) in [5.41, 5.74) is 7.86. The molecule has 0 saturated carbocycles. The molecule has 0 aromatic heterocycles. The Balaban J connectivity index is 1.40. The van der Waals surface area contributed by atoms with Crippen LogP contribution in [0.1, 0.15) is 40.7 Å². The zero-order valence-electron chi connectivity index (χ0n) is 22.4. The van der Waals surface area contributed by atoms with E-state index in [-0.39, 0.29) is 11.4 Å². The highest BCUT2D eigenvalue weighted by Gasteiger charge is 2.39. The van der Waals surface area contributed by atoms with Crippen LogP contribution in [0.25, 0.3) is 0 Å². The molecule has 1 saturated heterocycles. The minimum Gasteiger partial charge on any atom is -0.493 e. The Morgan fingerprint density at radius 3 is 2.44 bits per heavy atom. The Kier molecular flexibility index (Phi) is 8.94. The van der Waals surface area contributed by atoms with Crippen molar-refractivity contribution in [1.82, 2.24) is 9.73 Å². The van der Waals surface area contributed by atoms with Crippen LogP contribution in [0.3, 0.4) is 0 Å². The lowest BCUT2D eigenvalue weighted by Crippen LogP contribution is -2.44. The number of carbonyl (C=O) groups excluding carboxylic acids is 1. The van der Waals surface area contributed by atoms with Crippen molar-refractivity contribution in [3.63, 3.8) is 0 Å². The molecule has 1 amide bonds. The quantitative estimate of drug-likeness (QED) is 0.284. The van der Waals surface area contributed by atoms with Gasteiger partial charge in [0, 0.05) is 11.6 Å². The van der Waals surface area contributed by atoms with E-state index in [0.717, 1.165) is 5.56 Å². The number of sulfonamides is 1. The average Bonchev–Trinajstić information content (AvgIpc) is 3.40. The van der Waals surface area contributed by atoms with Gasteiger partial charge in [0.05, 0.1) is 18.2 Å². The summed E-state index contributed by atoms with van der Waals surface area (Å²) in [5.74, 6) is 0.632. The lowest BCUT2D eigenvalue weighted by atomic mass is 10.0. The zero-order valence-corrected chi connectivity index (χ0v) is 24.0. The van der Waals surface area contributed by atoms with Crippen LogP contribution < -0.4 is 14.9 Å². The van der Waals surface area contributed by atoms with E-state index < -0.39 is 22.0 Å². The summed E-state index contributed by atoms with van der Waals surface area (Å²) in [6.45, 7) is 6.88. The van der Waals surface area contributed by atoms with Crippen LogP contribution >= 0.6 is 11.6 Å². The number of hydrogen-bond donors (Lipinski definition) is 1. The molecule has 8 nitrogen and oxygen atoms in total. The third kappa shape index (κ3) is 6.61. The molecule has 3 aromatic carbocycles. The predicted molar refractivity (Wildman–Crippen MR) is 152 cm³/mol. The number of methoxy groups -OCH3 is 1. The van der Waals surface area contributed by atoms with Crippen molar-refractivity contribution in [2.45, 2.75) is 51.2 Å². The van der Waals surface area contributed by atoms with Gasteiger partial charge in [0.15, 0.2) is 11.5 Å². The van der Waals surface area contributed by atoms with E-state index in [2.05, 4.69) is 43.4 Å². The first-order valence-electron chi connectivity index (χ1n) is 12.6. The highest BCUT2D eigenvalue weighted by molar-refractivity contribution is 7.89. The minimum absolute atomic E-state index is 0.0946. The Labute approximate surface area is 234 Å². The fourth-order valence-corrected chi connectivity index (χ4v) is 6.53. The Bertz CT molecular complexity index is 1470. The normalized spacial score (nSPS) is 16.0. The number of ether oxygens (including phenoxy) is 2. The van der Waals surface area contributed by atoms with Crippen LogP contribution in [-0.4, -0.2) is 44.5 Å². The van der Waals surface area contributed by atoms with Crippen molar-refractivity contribution in [2.24, 2.45) is 5.10 Å². The summed E-state index contributed by atoms with van der Waals surface area (Å²) in [4.78, 5) is 12.9. The van der Waals surface area contributed by atoms with Gasteiger partial charge in [0.2, 0.25) is 10.0 Å². The minimum atomic E-state index is -3.84. The summed E-state index contributed by atoms with van der Waals surface area (Å²) in [5, 5.41) is 4.49. The highest BCUT2D eigenvalue weighted by atomic mass is 35.5. The first-order chi connectivity index (χ1) is 18.6. The van der Waals surface area contributed by atoms with Crippen molar-refractivity contribution < 1.29 is 22.7 Å². The summed E-state index contributed by atoms with van der Waals surface area (Å²) in [6.07, 6.45) is 2.47. The molecule has 206 valence electrons. The van der Waals surface area contributed by atoms with Gasteiger partial charge in [-0.3, -0.25) is 4.79 Å². The summed E-state index contributed by atoms with van der Waals surface area (Å²) >= 11 is 5.89. The fraction of sp³-hybridized carbons (Fsp3) is 0.310. The summed E-state index contributed by atoms with van der Waals surface area (Å²) in [7, 11) is -2.28. The van der Waals surface area contributed by atoms with Gasteiger partial charge in [-0.15, -0.1) is 0 Å². The average molecular weight is 570 g/mol. The van der Waals surface area contributed by atoms with Gasteiger partial charge >= 0.3 is 0 Å². The lowest BCUT2D eigenvalue weighted by molar-refractivity contribution is -0.124. The third-order valence-electron chi connectivity index (χ3n) is 6.71. The van der Waals surface area contributed by atoms with E-state index in [1.54, 1.807) is 25.3 Å². The number of benzene rings is 3. The van der Waals surface area contributed by atoms with Gasteiger partial charge in [0.1, 0.15) is 12.6 Å². The Morgan fingerprint density at radius 1 is 1.08 bits per heavy atom. The molecule has 0 spiro atoms. The Morgan fingerprint density at radius 2 is 1.77 bits per heavy atom. The van der Waals surface area contributed by atoms with Gasteiger partial charge in [0.25, 0.3) is 5.91 Å². The van der Waals surface area contributed by atoms with Crippen molar-refractivity contribution in [1.29, 1.82) is 0 Å². The first kappa shape index (κ1) is 28.6. The maximum Gasteiger partial charge on any atom is 0.258 e. The van der Waals surface area contributed by atoms with Crippen molar-refractivity contribution >= 4 is 33.7 Å². The number of nitrogens with zero attached hydrogens (tertiary/aromatic N) is 2. The number of aryl methyl sites for hydroxylation is 3. The number of nitrogens with one attached hydrogen (secondary N) is 1. The molecule has 1 aliphatic rings. The van der Waals surface area contributed by atoms with Crippen LogP contribution in [0.15, 0.2) is 64.6 Å². The molecule has 0 bridgehead atoms. The second-order valence-electron chi connectivity index (χ2n) is 9.54. The molecule has 0 aliphatic carbocycles. The van der Waals surface area contributed by atoms with Crippen molar-refractivity contribution in [3.8, 4) is 11.5 Å². The van der Waals surface area contributed by atoms with Gasteiger partial charge in [-0.05, 0) is 98.3 Å². The van der Waals surface area contributed by atoms with E-state index in [1.807, 2.05) is 0 Å². The van der Waals surface area contributed by atoms with Crippen molar-refractivity contribution in [3.05, 3.63) is 87.4 Å². The number of hydrazone groups is 1. The van der Waals surface area contributed by atoms with Crippen LogP contribution in [0.5, 0.6) is 11.5 Å². The first-order valence-corrected chi connectivity index (χ1v) is 14.4. The molecular weight excluding hydrogens is 538 g/mol. The largest absolute Gasteiger partial charge is 0.493 e. The van der Waals surface area contributed by atoms with E-state index in [1.165, 1.54) is 51.5 Å². The molecule has 1 aliphatic heterocycles. The fourth-order valence-electron chi connectivity index (χ4n) is 4.75. The van der Waals surface area contributed by atoms with Crippen LogP contribution in [0.2, 0.25) is 5.02 Å². The van der Waals surface area contributed by atoms with E-state index in [0.29, 0.717) is 41.5 Å².